The fourth-order valence-corrected chi connectivity index (χ4v) is 1.61. The number of methoxy groups -OCH3 is 1. The molecule has 1 aromatic heterocycles. The molecule has 0 saturated heterocycles. The van der Waals surface area contributed by atoms with Crippen LogP contribution >= 0.6 is 11.6 Å². The number of halogens is 1. The Morgan fingerprint density at radius 2 is 2.11 bits per heavy atom. The first kappa shape index (κ1) is 16.2. The minimum atomic E-state index is -0.164. The smallest absolute Gasteiger partial charge is 0.126 e. The van der Waals surface area contributed by atoms with Gasteiger partial charge >= 0.3 is 0 Å². The lowest BCUT2D eigenvalue weighted by molar-refractivity contribution is -0.0128. The van der Waals surface area contributed by atoms with Gasteiger partial charge < -0.3 is 14.8 Å². The maximum atomic E-state index is 6.10. The topological polar surface area (TPSA) is 43.4 Å². The molecule has 1 N–H and O–H groups in total. The van der Waals surface area contributed by atoms with Crippen LogP contribution in [0.3, 0.4) is 0 Å². The molecule has 19 heavy (non-hydrogen) atoms. The van der Waals surface area contributed by atoms with Crippen molar-refractivity contribution < 1.29 is 9.47 Å². The van der Waals surface area contributed by atoms with Gasteiger partial charge in [0, 0.05) is 20.3 Å². The molecule has 0 saturated carbocycles. The summed E-state index contributed by atoms with van der Waals surface area (Å²) in [4.78, 5) is 4.42. The predicted molar refractivity (Wildman–Crippen MR) is 78.8 cm³/mol. The van der Waals surface area contributed by atoms with Crippen LogP contribution in [0.4, 0.5) is 5.82 Å². The van der Waals surface area contributed by atoms with Gasteiger partial charge in [-0.3, -0.25) is 0 Å². The van der Waals surface area contributed by atoms with Crippen molar-refractivity contribution in [1.82, 2.24) is 4.98 Å². The molecular formula is C14H23ClN2O2. The first-order chi connectivity index (χ1) is 8.98. The minimum absolute atomic E-state index is 0.164. The lowest BCUT2D eigenvalue weighted by Gasteiger charge is -2.22. The summed E-state index contributed by atoms with van der Waals surface area (Å²) in [5.41, 5.74) is 0.596. The monoisotopic (exact) mass is 286 g/mol. The molecule has 1 aromatic rings. The molecule has 0 aliphatic rings. The van der Waals surface area contributed by atoms with E-state index in [9.17, 15) is 0 Å². The van der Waals surface area contributed by atoms with Crippen molar-refractivity contribution in [1.29, 1.82) is 0 Å². The molecule has 1 heterocycles. The van der Waals surface area contributed by atoms with Gasteiger partial charge in [0.2, 0.25) is 0 Å². The summed E-state index contributed by atoms with van der Waals surface area (Å²) >= 11 is 6.10. The van der Waals surface area contributed by atoms with E-state index in [-0.39, 0.29) is 5.60 Å². The second-order valence-electron chi connectivity index (χ2n) is 4.92. The number of anilines is 1. The van der Waals surface area contributed by atoms with Crippen LogP contribution in [-0.2, 0) is 16.1 Å². The van der Waals surface area contributed by atoms with Crippen LogP contribution in [0, 0.1) is 0 Å². The van der Waals surface area contributed by atoms with Crippen molar-refractivity contribution in [3.8, 4) is 0 Å². The van der Waals surface area contributed by atoms with Crippen molar-refractivity contribution in [3.63, 3.8) is 0 Å². The largest absolute Gasteiger partial charge is 0.379 e. The molecule has 0 atom stereocenters. The number of aromatic nitrogens is 1. The summed E-state index contributed by atoms with van der Waals surface area (Å²) in [7, 11) is 1.71. The van der Waals surface area contributed by atoms with Gasteiger partial charge in [-0.15, -0.1) is 0 Å². The molecule has 0 amide bonds. The highest BCUT2D eigenvalue weighted by atomic mass is 35.5. The molecule has 0 fully saturated rings. The zero-order valence-electron chi connectivity index (χ0n) is 12.1. The Hall–Kier alpha value is -0.840. The Kier molecular flexibility index (Phi) is 6.55. The van der Waals surface area contributed by atoms with E-state index in [4.69, 9.17) is 21.1 Å². The van der Waals surface area contributed by atoms with Crippen LogP contribution in [0.1, 0.15) is 32.9 Å². The third-order valence-electron chi connectivity index (χ3n) is 2.92. The predicted octanol–water partition coefficient (Wildman–Crippen LogP) is 3.50. The lowest BCUT2D eigenvalue weighted by Crippen LogP contribution is -2.24. The van der Waals surface area contributed by atoms with E-state index in [1.54, 1.807) is 7.11 Å². The molecule has 0 spiro atoms. The van der Waals surface area contributed by atoms with Crippen LogP contribution in [0.15, 0.2) is 12.1 Å². The van der Waals surface area contributed by atoms with Crippen molar-refractivity contribution >= 4 is 17.4 Å². The van der Waals surface area contributed by atoms with Crippen molar-refractivity contribution in [2.45, 2.75) is 39.4 Å². The van der Waals surface area contributed by atoms with E-state index in [0.29, 0.717) is 18.2 Å². The van der Waals surface area contributed by atoms with E-state index in [2.05, 4.69) is 10.3 Å². The van der Waals surface area contributed by atoms with Gasteiger partial charge in [0.05, 0.1) is 22.9 Å². The summed E-state index contributed by atoms with van der Waals surface area (Å²) in [6, 6.07) is 3.70. The summed E-state index contributed by atoms with van der Waals surface area (Å²) in [6.07, 6.45) is 0.827. The third kappa shape index (κ3) is 5.76. The number of ether oxygens (including phenoxy) is 2. The molecular weight excluding hydrogens is 264 g/mol. The first-order valence-corrected chi connectivity index (χ1v) is 6.88. The SMILES string of the molecule is CCNc1ccc(Cl)c(COCCC(C)(C)OC)n1. The lowest BCUT2D eigenvalue weighted by atomic mass is 10.1. The number of nitrogens with one attached hydrogen (secondary N) is 1. The molecule has 0 bridgehead atoms. The van der Waals surface area contributed by atoms with Gasteiger partial charge in [-0.25, -0.2) is 4.98 Å². The Balaban J connectivity index is 2.46. The quantitative estimate of drug-likeness (QED) is 0.743. The van der Waals surface area contributed by atoms with Gasteiger partial charge in [0.1, 0.15) is 5.82 Å². The standard InChI is InChI=1S/C14H23ClN2O2/c1-5-16-13-7-6-11(15)12(17-13)10-19-9-8-14(2,3)18-4/h6-7H,5,8-10H2,1-4H3,(H,16,17). The van der Waals surface area contributed by atoms with Crippen molar-refractivity contribution in [2.75, 3.05) is 25.6 Å². The Labute approximate surface area is 120 Å². The Bertz CT molecular complexity index is 397. The molecule has 4 nitrogen and oxygen atoms in total. The van der Waals surface area contributed by atoms with E-state index >= 15 is 0 Å². The number of rotatable bonds is 8. The number of pyridine rings is 1. The van der Waals surface area contributed by atoms with Crippen LogP contribution in [0.5, 0.6) is 0 Å². The summed E-state index contributed by atoms with van der Waals surface area (Å²) < 4.78 is 10.9. The first-order valence-electron chi connectivity index (χ1n) is 6.50. The fourth-order valence-electron chi connectivity index (χ4n) is 1.45. The number of hydrogen-bond acceptors (Lipinski definition) is 4. The molecule has 1 rings (SSSR count). The molecule has 0 aliphatic heterocycles. The van der Waals surface area contributed by atoms with Crippen molar-refractivity contribution in [2.24, 2.45) is 0 Å². The van der Waals surface area contributed by atoms with Crippen LogP contribution < -0.4 is 5.32 Å². The van der Waals surface area contributed by atoms with Crippen LogP contribution in [0.2, 0.25) is 5.02 Å². The second-order valence-corrected chi connectivity index (χ2v) is 5.33. The fraction of sp³-hybridized carbons (Fsp3) is 0.643. The third-order valence-corrected chi connectivity index (χ3v) is 3.26. The summed E-state index contributed by atoms with van der Waals surface area (Å²) in [5.74, 6) is 0.822. The molecule has 108 valence electrons. The molecule has 0 radical (unpaired) electrons. The van der Waals surface area contributed by atoms with Gasteiger partial charge in [-0.2, -0.15) is 0 Å². The van der Waals surface area contributed by atoms with E-state index in [1.807, 2.05) is 32.9 Å². The average molecular weight is 287 g/mol. The normalized spacial score (nSPS) is 11.6. The van der Waals surface area contributed by atoms with Gasteiger partial charge in [-0.05, 0) is 39.3 Å². The molecule has 0 unspecified atom stereocenters. The zero-order valence-corrected chi connectivity index (χ0v) is 12.9. The highest BCUT2D eigenvalue weighted by molar-refractivity contribution is 6.31. The zero-order chi connectivity index (χ0) is 14.3. The second kappa shape index (κ2) is 7.68. The maximum absolute atomic E-state index is 6.10. The molecule has 0 aromatic carbocycles. The van der Waals surface area contributed by atoms with Crippen LogP contribution in [-0.4, -0.2) is 30.8 Å². The number of hydrogen-bond donors (Lipinski definition) is 1. The molecule has 0 aliphatic carbocycles. The van der Waals surface area contributed by atoms with E-state index in [0.717, 1.165) is 24.5 Å². The van der Waals surface area contributed by atoms with Gasteiger partial charge in [-0.1, -0.05) is 11.6 Å². The molecule has 5 heteroatoms. The summed E-state index contributed by atoms with van der Waals surface area (Å²) in [5, 5.41) is 3.79. The Morgan fingerprint density at radius 3 is 2.74 bits per heavy atom. The highest BCUT2D eigenvalue weighted by Crippen LogP contribution is 2.18. The van der Waals surface area contributed by atoms with E-state index in [1.165, 1.54) is 0 Å². The Morgan fingerprint density at radius 1 is 1.37 bits per heavy atom. The minimum Gasteiger partial charge on any atom is -0.379 e. The van der Waals surface area contributed by atoms with Crippen molar-refractivity contribution in [3.05, 3.63) is 22.8 Å². The highest BCUT2D eigenvalue weighted by Gasteiger charge is 2.15. The average Bonchev–Trinajstić information content (AvgIpc) is 2.38. The van der Waals surface area contributed by atoms with Gasteiger partial charge in [0.25, 0.3) is 0 Å². The number of nitrogens with zero attached hydrogens (tertiary/aromatic N) is 1. The summed E-state index contributed by atoms with van der Waals surface area (Å²) in [6.45, 7) is 7.96. The van der Waals surface area contributed by atoms with Crippen LogP contribution in [0.25, 0.3) is 0 Å². The van der Waals surface area contributed by atoms with Gasteiger partial charge in [0.15, 0.2) is 0 Å². The van der Waals surface area contributed by atoms with E-state index < -0.39 is 0 Å². The maximum Gasteiger partial charge on any atom is 0.126 e.